The van der Waals surface area contributed by atoms with Gasteiger partial charge >= 0.3 is 6.09 Å². The molecular weight excluding hydrogens is 284 g/mol. The highest BCUT2D eigenvalue weighted by Crippen LogP contribution is 2.41. The minimum atomic E-state index is -1.04. The maximum Gasteiger partial charge on any atom is 0.405 e. The van der Waals surface area contributed by atoms with Gasteiger partial charge < -0.3 is 10.4 Å². The lowest BCUT2D eigenvalue weighted by atomic mass is 9.71. The van der Waals surface area contributed by atoms with Crippen molar-refractivity contribution >= 4 is 22.0 Å². The van der Waals surface area contributed by atoms with E-state index in [2.05, 4.69) is 26.2 Å². The van der Waals surface area contributed by atoms with Crippen LogP contribution in [0, 0.1) is 5.41 Å². The van der Waals surface area contributed by atoms with Crippen LogP contribution in [0.3, 0.4) is 0 Å². The Labute approximate surface area is 110 Å². The van der Waals surface area contributed by atoms with E-state index in [4.69, 9.17) is 5.11 Å². The molecule has 1 heterocycles. The predicted molar refractivity (Wildman–Crippen MR) is 69.9 cm³/mol. The van der Waals surface area contributed by atoms with Crippen LogP contribution in [0.25, 0.3) is 0 Å². The number of pyridine rings is 1. The Kier molecular flexibility index (Phi) is 3.81. The maximum atomic E-state index is 11.0. The van der Waals surface area contributed by atoms with Gasteiger partial charge in [0.1, 0.15) is 4.60 Å². The number of nitrogens with one attached hydrogen (secondary N) is 1. The monoisotopic (exact) mass is 300 g/mol. The maximum absolute atomic E-state index is 11.0. The smallest absolute Gasteiger partial charge is 0.405 e. The minimum Gasteiger partial charge on any atom is -0.465 e. The summed E-state index contributed by atoms with van der Waals surface area (Å²) in [5.41, 5.74) is -0.169. The van der Waals surface area contributed by atoms with Crippen LogP contribution in [0.1, 0.15) is 33.3 Å². The molecular formula is C12H17BrN2O2. The highest BCUT2D eigenvalue weighted by Gasteiger charge is 2.42. The van der Waals surface area contributed by atoms with E-state index in [-0.39, 0.29) is 5.41 Å². The molecule has 0 radical (unpaired) electrons. The molecule has 0 fully saturated rings. The van der Waals surface area contributed by atoms with Gasteiger partial charge in [0.15, 0.2) is 0 Å². The zero-order valence-electron chi connectivity index (χ0n) is 10.4. The molecule has 2 N–H and O–H groups in total. The molecule has 1 aromatic rings. The molecule has 94 valence electrons. The molecule has 0 spiro atoms. The molecule has 0 saturated carbocycles. The second-order valence-electron chi connectivity index (χ2n) is 5.15. The van der Waals surface area contributed by atoms with Gasteiger partial charge in [-0.2, -0.15) is 0 Å². The summed E-state index contributed by atoms with van der Waals surface area (Å²) < 4.78 is 0.658. The number of amides is 1. The minimum absolute atomic E-state index is 0.281. The average Bonchev–Trinajstić information content (AvgIpc) is 2.15. The van der Waals surface area contributed by atoms with Gasteiger partial charge in [-0.05, 0) is 34.3 Å². The summed E-state index contributed by atoms with van der Waals surface area (Å²) >= 11 is 3.37. The number of carbonyl (C=O) groups is 1. The van der Waals surface area contributed by atoms with E-state index in [1.54, 1.807) is 12.3 Å². The lowest BCUT2D eigenvalue weighted by Gasteiger charge is -2.42. The van der Waals surface area contributed by atoms with Crippen LogP contribution < -0.4 is 5.32 Å². The van der Waals surface area contributed by atoms with E-state index in [1.165, 1.54) is 0 Å². The van der Waals surface area contributed by atoms with Crippen molar-refractivity contribution in [3.63, 3.8) is 0 Å². The van der Waals surface area contributed by atoms with Crippen LogP contribution in [-0.4, -0.2) is 16.2 Å². The van der Waals surface area contributed by atoms with Crippen molar-refractivity contribution in [2.75, 3.05) is 0 Å². The van der Waals surface area contributed by atoms with Crippen molar-refractivity contribution in [3.8, 4) is 0 Å². The predicted octanol–water partition coefficient (Wildman–Crippen LogP) is 3.37. The lowest BCUT2D eigenvalue weighted by Crippen LogP contribution is -2.52. The Hall–Kier alpha value is -1.10. The number of nitrogens with zero attached hydrogens (tertiary/aromatic N) is 1. The standard InChI is InChI=1S/C12H17BrN2O2/c1-11(2,3)12(4,15-10(16)17)8-6-5-7-14-9(8)13/h5-7,15H,1-4H3,(H,16,17). The third-order valence-electron chi connectivity index (χ3n) is 3.15. The van der Waals surface area contributed by atoms with Gasteiger partial charge in [0.2, 0.25) is 0 Å². The number of aromatic nitrogens is 1. The van der Waals surface area contributed by atoms with E-state index in [1.807, 2.05) is 33.8 Å². The number of halogens is 1. The van der Waals surface area contributed by atoms with Crippen LogP contribution in [0.2, 0.25) is 0 Å². The fourth-order valence-electron chi connectivity index (χ4n) is 1.63. The molecule has 0 bridgehead atoms. The van der Waals surface area contributed by atoms with Crippen LogP contribution in [0.15, 0.2) is 22.9 Å². The van der Waals surface area contributed by atoms with E-state index < -0.39 is 11.6 Å². The first-order valence-electron chi connectivity index (χ1n) is 5.30. The average molecular weight is 301 g/mol. The quantitative estimate of drug-likeness (QED) is 0.823. The van der Waals surface area contributed by atoms with Crippen molar-refractivity contribution in [3.05, 3.63) is 28.5 Å². The first-order chi connectivity index (χ1) is 7.68. The Morgan fingerprint density at radius 2 is 2.00 bits per heavy atom. The summed E-state index contributed by atoms with van der Waals surface area (Å²) in [6.45, 7) is 7.83. The van der Waals surface area contributed by atoms with Crippen molar-refractivity contribution in [2.24, 2.45) is 5.41 Å². The van der Waals surface area contributed by atoms with Crippen molar-refractivity contribution < 1.29 is 9.90 Å². The first kappa shape index (κ1) is 14.0. The SMILES string of the molecule is CC(C)(C)C(C)(NC(=O)O)c1cccnc1Br. The molecule has 0 aliphatic carbocycles. The number of carboxylic acid groups (broad SMARTS) is 1. The van der Waals surface area contributed by atoms with E-state index >= 15 is 0 Å². The summed E-state index contributed by atoms with van der Waals surface area (Å²) in [7, 11) is 0. The van der Waals surface area contributed by atoms with Crippen molar-refractivity contribution in [1.29, 1.82) is 0 Å². The molecule has 17 heavy (non-hydrogen) atoms. The summed E-state index contributed by atoms with van der Waals surface area (Å²) in [5.74, 6) is 0. The molecule has 5 heteroatoms. The van der Waals surface area contributed by atoms with Gasteiger partial charge in [-0.1, -0.05) is 26.8 Å². The van der Waals surface area contributed by atoms with E-state index in [0.717, 1.165) is 5.56 Å². The molecule has 1 unspecified atom stereocenters. The Morgan fingerprint density at radius 1 is 1.41 bits per heavy atom. The van der Waals surface area contributed by atoms with Gasteiger partial charge in [-0.15, -0.1) is 0 Å². The molecule has 0 aliphatic rings. The molecule has 4 nitrogen and oxygen atoms in total. The van der Waals surface area contributed by atoms with Gasteiger partial charge in [0, 0.05) is 11.8 Å². The Balaban J connectivity index is 3.35. The van der Waals surface area contributed by atoms with Crippen LogP contribution in [0.4, 0.5) is 4.79 Å². The normalized spacial score (nSPS) is 15.1. The van der Waals surface area contributed by atoms with Crippen molar-refractivity contribution in [1.82, 2.24) is 10.3 Å². The second-order valence-corrected chi connectivity index (χ2v) is 5.90. The summed E-state index contributed by atoms with van der Waals surface area (Å²) in [6.07, 6.45) is 0.621. The van der Waals surface area contributed by atoms with Gasteiger partial charge in [0.05, 0.1) is 5.54 Å². The largest absolute Gasteiger partial charge is 0.465 e. The Bertz CT molecular complexity index is 429. The summed E-state index contributed by atoms with van der Waals surface area (Å²) in [5, 5.41) is 11.6. The topological polar surface area (TPSA) is 62.2 Å². The molecule has 0 aliphatic heterocycles. The molecule has 0 saturated heterocycles. The molecule has 1 atom stereocenters. The third kappa shape index (κ3) is 2.77. The lowest BCUT2D eigenvalue weighted by molar-refractivity contribution is 0.130. The second kappa shape index (κ2) is 4.64. The van der Waals surface area contributed by atoms with Crippen LogP contribution >= 0.6 is 15.9 Å². The van der Waals surface area contributed by atoms with Crippen molar-refractivity contribution in [2.45, 2.75) is 33.2 Å². The van der Waals surface area contributed by atoms with Crippen LogP contribution in [0.5, 0.6) is 0 Å². The first-order valence-corrected chi connectivity index (χ1v) is 6.10. The molecule has 0 aromatic carbocycles. The third-order valence-corrected chi connectivity index (χ3v) is 3.79. The van der Waals surface area contributed by atoms with E-state index in [9.17, 15) is 4.79 Å². The molecule has 1 rings (SSSR count). The zero-order chi connectivity index (χ0) is 13.3. The number of hydrogen-bond donors (Lipinski definition) is 2. The van der Waals surface area contributed by atoms with Gasteiger partial charge in [-0.3, -0.25) is 0 Å². The molecule has 1 aromatic heterocycles. The Morgan fingerprint density at radius 3 is 2.41 bits per heavy atom. The summed E-state index contributed by atoms with van der Waals surface area (Å²) in [6, 6.07) is 3.67. The highest BCUT2D eigenvalue weighted by molar-refractivity contribution is 9.10. The molecule has 1 amide bonds. The van der Waals surface area contributed by atoms with Crippen LogP contribution in [-0.2, 0) is 5.54 Å². The van der Waals surface area contributed by atoms with E-state index in [0.29, 0.717) is 4.60 Å². The fourth-order valence-corrected chi connectivity index (χ4v) is 2.28. The summed E-state index contributed by atoms with van der Waals surface area (Å²) in [4.78, 5) is 15.1. The highest BCUT2D eigenvalue weighted by atomic mass is 79.9. The fraction of sp³-hybridized carbons (Fsp3) is 0.500. The zero-order valence-corrected chi connectivity index (χ0v) is 12.0. The number of rotatable bonds is 2. The number of hydrogen-bond acceptors (Lipinski definition) is 2. The van der Waals surface area contributed by atoms with Gasteiger partial charge in [0.25, 0.3) is 0 Å². The van der Waals surface area contributed by atoms with Gasteiger partial charge in [-0.25, -0.2) is 9.78 Å².